The summed E-state index contributed by atoms with van der Waals surface area (Å²) in [5, 5.41) is 23.1. The van der Waals surface area contributed by atoms with Crippen molar-refractivity contribution in [1.29, 1.82) is 0 Å². The Morgan fingerprint density at radius 2 is 2.22 bits per heavy atom. The van der Waals surface area contributed by atoms with Crippen LogP contribution in [0.4, 0.5) is 0 Å². The monoisotopic (exact) mass is 336 g/mol. The van der Waals surface area contributed by atoms with Crippen molar-refractivity contribution in [1.82, 2.24) is 10.2 Å². The summed E-state index contributed by atoms with van der Waals surface area (Å²) in [6.45, 7) is -0.381. The molecule has 0 saturated carbocycles. The molecule has 0 bridgehead atoms. The molecular formula is C15H16N2O5S. The van der Waals surface area contributed by atoms with Gasteiger partial charge in [-0.2, -0.15) is 0 Å². The molecule has 122 valence electrons. The summed E-state index contributed by atoms with van der Waals surface area (Å²) in [6.07, 6.45) is 1.14. The van der Waals surface area contributed by atoms with Crippen LogP contribution >= 0.6 is 11.3 Å². The number of aliphatic hydroxyl groups excluding tert-OH is 1. The van der Waals surface area contributed by atoms with Gasteiger partial charge < -0.3 is 15.5 Å². The maximum absolute atomic E-state index is 12.2. The minimum atomic E-state index is -1.23. The van der Waals surface area contributed by atoms with Gasteiger partial charge in [-0.25, -0.2) is 4.79 Å². The van der Waals surface area contributed by atoms with E-state index in [0.717, 1.165) is 4.88 Å². The molecular weight excluding hydrogens is 320 g/mol. The first kappa shape index (κ1) is 15.7. The molecule has 0 spiro atoms. The number of carbonyl (C=O) groups excluding carboxylic acids is 2. The van der Waals surface area contributed by atoms with Gasteiger partial charge in [0, 0.05) is 4.88 Å². The average molecular weight is 336 g/mol. The number of fused-ring (bicyclic) bond motifs is 1. The summed E-state index contributed by atoms with van der Waals surface area (Å²) >= 11 is 1.47. The van der Waals surface area contributed by atoms with Crippen LogP contribution in [0.2, 0.25) is 0 Å². The van der Waals surface area contributed by atoms with Crippen LogP contribution in [0.1, 0.15) is 17.7 Å². The van der Waals surface area contributed by atoms with Gasteiger partial charge in [-0.05, 0) is 29.9 Å². The molecule has 3 heterocycles. The smallest absolute Gasteiger partial charge is 0.352 e. The minimum absolute atomic E-state index is 0.141. The van der Waals surface area contributed by atoms with E-state index in [9.17, 15) is 24.6 Å². The summed E-state index contributed by atoms with van der Waals surface area (Å²) < 4.78 is 0. The third-order valence-electron chi connectivity index (χ3n) is 4.16. The summed E-state index contributed by atoms with van der Waals surface area (Å²) in [6, 6.07) is 2.66. The highest BCUT2D eigenvalue weighted by molar-refractivity contribution is 7.10. The second kappa shape index (κ2) is 6.13. The highest BCUT2D eigenvalue weighted by atomic mass is 32.1. The summed E-state index contributed by atoms with van der Waals surface area (Å²) in [7, 11) is 0. The van der Waals surface area contributed by atoms with Crippen LogP contribution in [0.5, 0.6) is 0 Å². The number of amides is 2. The zero-order valence-corrected chi connectivity index (χ0v) is 13.0. The van der Waals surface area contributed by atoms with Gasteiger partial charge in [0.15, 0.2) is 0 Å². The molecule has 2 aliphatic rings. The first-order valence-electron chi connectivity index (χ1n) is 7.24. The highest BCUT2D eigenvalue weighted by Gasteiger charge is 2.53. The Balaban J connectivity index is 1.69. The van der Waals surface area contributed by atoms with Crippen LogP contribution in [0.25, 0.3) is 0 Å². The Morgan fingerprint density at radius 1 is 1.43 bits per heavy atom. The van der Waals surface area contributed by atoms with Crippen LogP contribution in [0, 0.1) is 0 Å². The van der Waals surface area contributed by atoms with Gasteiger partial charge in [-0.3, -0.25) is 14.5 Å². The number of rotatable bonds is 5. The Hall–Kier alpha value is -2.19. The van der Waals surface area contributed by atoms with Gasteiger partial charge in [-0.15, -0.1) is 11.3 Å². The van der Waals surface area contributed by atoms with Crippen molar-refractivity contribution in [2.75, 3.05) is 6.61 Å². The Labute approximate surface area is 136 Å². The second-order valence-corrected chi connectivity index (χ2v) is 6.56. The van der Waals surface area contributed by atoms with E-state index in [4.69, 9.17) is 0 Å². The van der Waals surface area contributed by atoms with Crippen molar-refractivity contribution in [3.05, 3.63) is 33.7 Å². The number of nitrogens with zero attached hydrogens (tertiary/aromatic N) is 1. The number of hydrogen-bond donors (Lipinski definition) is 3. The molecule has 23 heavy (non-hydrogen) atoms. The number of carboxylic acid groups (broad SMARTS) is 1. The predicted octanol–water partition coefficient (Wildman–Crippen LogP) is 0.111. The molecule has 0 aromatic carbocycles. The average Bonchev–Trinajstić information content (AvgIpc) is 3.03. The fraction of sp³-hybridized carbons (Fsp3) is 0.400. The number of aliphatic carboxylic acids is 1. The maximum atomic E-state index is 12.2. The van der Waals surface area contributed by atoms with Gasteiger partial charge >= 0.3 is 5.97 Å². The van der Waals surface area contributed by atoms with Crippen molar-refractivity contribution >= 4 is 29.1 Å². The second-order valence-electron chi connectivity index (χ2n) is 5.53. The van der Waals surface area contributed by atoms with Crippen LogP contribution in [-0.4, -0.2) is 51.6 Å². The molecule has 7 nitrogen and oxygen atoms in total. The van der Waals surface area contributed by atoms with E-state index in [2.05, 4.69) is 5.32 Å². The third-order valence-corrected chi connectivity index (χ3v) is 5.04. The largest absolute Gasteiger partial charge is 0.477 e. The summed E-state index contributed by atoms with van der Waals surface area (Å²) in [5.41, 5.74) is 0.211. The SMILES string of the molecule is O=C(Cc1cccs1)N[C@@H]1C(=O)N2C(C(=O)O)=C(CO)CC[C@H]12. The van der Waals surface area contributed by atoms with Gasteiger partial charge in [-0.1, -0.05) is 6.07 Å². The molecule has 0 radical (unpaired) electrons. The highest BCUT2D eigenvalue weighted by Crippen LogP contribution is 2.36. The molecule has 8 heteroatoms. The summed E-state index contributed by atoms with van der Waals surface area (Å²) in [5.74, 6) is -1.91. The third kappa shape index (κ3) is 2.75. The number of aliphatic hydroxyl groups is 1. The van der Waals surface area contributed by atoms with Crippen molar-refractivity contribution in [2.24, 2.45) is 0 Å². The molecule has 3 N–H and O–H groups in total. The van der Waals surface area contributed by atoms with Gasteiger partial charge in [0.2, 0.25) is 5.91 Å². The molecule has 0 unspecified atom stereocenters. The number of carbonyl (C=O) groups is 3. The Morgan fingerprint density at radius 3 is 2.83 bits per heavy atom. The molecule has 3 rings (SSSR count). The van der Waals surface area contributed by atoms with E-state index >= 15 is 0 Å². The van der Waals surface area contributed by atoms with Crippen LogP contribution in [-0.2, 0) is 20.8 Å². The standard InChI is InChI=1S/C15H16N2O5S/c18-7-8-3-4-10-12(14(20)17(10)13(8)15(21)22)16-11(19)6-9-2-1-5-23-9/h1-2,5,10,12,18H,3-4,6-7H2,(H,16,19)(H,21,22)/t10-,12+/m1/s1. The maximum Gasteiger partial charge on any atom is 0.352 e. The van der Waals surface area contributed by atoms with E-state index in [-0.39, 0.29) is 30.7 Å². The first-order valence-corrected chi connectivity index (χ1v) is 8.12. The van der Waals surface area contributed by atoms with E-state index in [1.807, 2.05) is 17.5 Å². The van der Waals surface area contributed by atoms with Crippen molar-refractivity contribution in [2.45, 2.75) is 31.3 Å². The van der Waals surface area contributed by atoms with E-state index in [1.54, 1.807) is 0 Å². The van der Waals surface area contributed by atoms with Crippen molar-refractivity contribution in [3.8, 4) is 0 Å². The lowest BCUT2D eigenvalue weighted by Gasteiger charge is -2.50. The fourth-order valence-electron chi connectivity index (χ4n) is 3.09. The zero-order chi connectivity index (χ0) is 16.6. The molecule has 2 atom stereocenters. The quantitative estimate of drug-likeness (QED) is 0.662. The topological polar surface area (TPSA) is 107 Å². The molecule has 0 aliphatic carbocycles. The molecule has 2 amide bonds. The molecule has 1 aromatic rings. The zero-order valence-electron chi connectivity index (χ0n) is 12.2. The number of nitrogens with one attached hydrogen (secondary N) is 1. The van der Waals surface area contributed by atoms with Gasteiger partial charge in [0.25, 0.3) is 5.91 Å². The normalized spacial score (nSPS) is 23.3. The van der Waals surface area contributed by atoms with Gasteiger partial charge in [0.1, 0.15) is 11.7 Å². The van der Waals surface area contributed by atoms with Gasteiger partial charge in [0.05, 0.1) is 19.1 Å². The Kier molecular flexibility index (Phi) is 4.18. The molecule has 1 saturated heterocycles. The van der Waals surface area contributed by atoms with Crippen LogP contribution in [0.3, 0.4) is 0 Å². The molecule has 1 fully saturated rings. The number of carboxylic acids is 1. The lowest BCUT2D eigenvalue weighted by atomic mass is 9.83. The lowest BCUT2D eigenvalue weighted by Crippen LogP contribution is -2.71. The molecule has 2 aliphatic heterocycles. The predicted molar refractivity (Wildman–Crippen MR) is 81.6 cm³/mol. The van der Waals surface area contributed by atoms with Crippen molar-refractivity contribution < 1.29 is 24.6 Å². The van der Waals surface area contributed by atoms with Crippen molar-refractivity contribution in [3.63, 3.8) is 0 Å². The number of hydrogen-bond acceptors (Lipinski definition) is 5. The van der Waals surface area contributed by atoms with E-state index in [1.165, 1.54) is 16.2 Å². The minimum Gasteiger partial charge on any atom is -0.477 e. The van der Waals surface area contributed by atoms with Crippen LogP contribution < -0.4 is 5.32 Å². The first-order chi connectivity index (χ1) is 11.0. The summed E-state index contributed by atoms with van der Waals surface area (Å²) in [4.78, 5) is 37.7. The van der Waals surface area contributed by atoms with E-state index < -0.39 is 17.9 Å². The number of β-lactam (4-membered cyclic amide) rings is 1. The lowest BCUT2D eigenvalue weighted by molar-refractivity contribution is -0.156. The fourth-order valence-corrected chi connectivity index (χ4v) is 3.79. The number of thiophene rings is 1. The Bertz CT molecular complexity index is 682. The van der Waals surface area contributed by atoms with E-state index in [0.29, 0.717) is 18.4 Å². The van der Waals surface area contributed by atoms with Crippen LogP contribution in [0.15, 0.2) is 28.8 Å². The molecule has 1 aromatic heterocycles.